The van der Waals surface area contributed by atoms with E-state index in [4.69, 9.17) is 24.5 Å². The second-order valence-electron chi connectivity index (χ2n) is 7.99. The predicted octanol–water partition coefficient (Wildman–Crippen LogP) is 4.13. The number of carboxylic acid groups (broad SMARTS) is 2. The minimum absolute atomic E-state index is 0.00920. The number of hydrogen-bond acceptors (Lipinski definition) is 5. The fourth-order valence-electron chi connectivity index (χ4n) is 3.71. The summed E-state index contributed by atoms with van der Waals surface area (Å²) in [6.45, 7) is 3.59. The maximum absolute atomic E-state index is 10.7. The van der Waals surface area contributed by atoms with Gasteiger partial charge in [-0.3, -0.25) is 9.69 Å². The second-order valence-corrected chi connectivity index (χ2v) is 7.99. The third kappa shape index (κ3) is 9.44. The van der Waals surface area contributed by atoms with Gasteiger partial charge in [0.05, 0.1) is 25.7 Å². The number of halogens is 3. The van der Waals surface area contributed by atoms with Crippen LogP contribution in [0.4, 0.5) is 13.2 Å². The number of ether oxygens (including phenoxy) is 2. The molecule has 0 aromatic heterocycles. The number of hydrogen-bond donors (Lipinski definition) is 2. The van der Waals surface area contributed by atoms with E-state index in [1.165, 1.54) is 32.1 Å². The molecule has 1 aromatic carbocycles. The fourth-order valence-corrected chi connectivity index (χ4v) is 3.71. The molecule has 0 spiro atoms. The van der Waals surface area contributed by atoms with Gasteiger partial charge in [-0.2, -0.15) is 13.2 Å². The maximum atomic E-state index is 10.7. The molecule has 1 unspecified atom stereocenters. The van der Waals surface area contributed by atoms with Gasteiger partial charge in [-0.05, 0) is 36.5 Å². The number of nitrogens with zero attached hydrogens (tertiary/aromatic N) is 1. The highest BCUT2D eigenvalue weighted by Gasteiger charge is 2.38. The predicted molar refractivity (Wildman–Crippen MR) is 110 cm³/mol. The van der Waals surface area contributed by atoms with Crippen molar-refractivity contribution < 1.29 is 42.4 Å². The Kier molecular flexibility index (Phi) is 10.2. The maximum Gasteiger partial charge on any atom is 0.490 e. The van der Waals surface area contributed by atoms with Crippen molar-refractivity contribution in [3.8, 4) is 5.75 Å². The van der Waals surface area contributed by atoms with Gasteiger partial charge in [-0.15, -0.1) is 0 Å². The topological polar surface area (TPSA) is 96.3 Å². The van der Waals surface area contributed by atoms with E-state index in [9.17, 15) is 18.0 Å². The lowest BCUT2D eigenvalue weighted by Gasteiger charge is -2.32. The molecular formula is C22H30F3NO6. The van der Waals surface area contributed by atoms with Crippen molar-refractivity contribution in [2.24, 2.45) is 5.92 Å². The molecule has 1 aliphatic heterocycles. The summed E-state index contributed by atoms with van der Waals surface area (Å²) in [5.74, 6) is -1.87. The first-order valence-corrected chi connectivity index (χ1v) is 10.7. The molecule has 0 radical (unpaired) electrons. The Morgan fingerprint density at radius 3 is 2.28 bits per heavy atom. The Labute approximate surface area is 185 Å². The molecule has 0 amide bonds. The highest BCUT2D eigenvalue weighted by molar-refractivity contribution is 5.73. The number of aliphatic carboxylic acids is 2. The average Bonchev–Trinajstić information content (AvgIpc) is 2.77. The summed E-state index contributed by atoms with van der Waals surface area (Å²) in [6, 6.07) is 8.19. The summed E-state index contributed by atoms with van der Waals surface area (Å²) >= 11 is 0. The van der Waals surface area contributed by atoms with Crippen LogP contribution in [-0.2, 0) is 14.3 Å². The van der Waals surface area contributed by atoms with Crippen molar-refractivity contribution in [3.63, 3.8) is 0 Å². The van der Waals surface area contributed by atoms with Gasteiger partial charge in [0.2, 0.25) is 0 Å². The van der Waals surface area contributed by atoms with E-state index in [1.54, 1.807) is 0 Å². The summed E-state index contributed by atoms with van der Waals surface area (Å²) in [6.07, 6.45) is 1.74. The van der Waals surface area contributed by atoms with Crippen LogP contribution in [0.25, 0.3) is 0 Å². The first-order chi connectivity index (χ1) is 15.1. The van der Waals surface area contributed by atoms with E-state index in [0.29, 0.717) is 19.1 Å². The van der Waals surface area contributed by atoms with E-state index >= 15 is 0 Å². The second kappa shape index (κ2) is 12.6. The number of benzene rings is 1. The summed E-state index contributed by atoms with van der Waals surface area (Å²) in [5.41, 5.74) is 1.13. The van der Waals surface area contributed by atoms with Crippen molar-refractivity contribution in [1.29, 1.82) is 0 Å². The standard InChI is InChI=1S/C20H29NO4.C2HF3O2/c22-20(23)10-11-21-12-13-24-19(14-21)17-6-8-18(9-7-17)25-15-16-4-2-1-3-5-16;3-2(4,5)1(6)7/h6-9,16,19H,1-5,10-15H2,(H,22,23);(H,6,7). The molecule has 2 N–H and O–H groups in total. The number of carboxylic acids is 2. The van der Waals surface area contributed by atoms with E-state index in [2.05, 4.69) is 17.0 Å². The molecule has 1 aromatic rings. The Hall–Kier alpha value is -2.33. The molecule has 1 saturated heterocycles. The van der Waals surface area contributed by atoms with Crippen LogP contribution in [0.3, 0.4) is 0 Å². The van der Waals surface area contributed by atoms with Gasteiger partial charge in [0.25, 0.3) is 0 Å². The average molecular weight is 461 g/mol. The summed E-state index contributed by atoms with van der Waals surface area (Å²) in [7, 11) is 0. The molecular weight excluding hydrogens is 431 g/mol. The highest BCUT2D eigenvalue weighted by atomic mass is 19.4. The Bertz CT molecular complexity index is 719. The minimum atomic E-state index is -5.08. The third-order valence-electron chi connectivity index (χ3n) is 5.50. The van der Waals surface area contributed by atoms with Gasteiger partial charge in [-0.25, -0.2) is 4.79 Å². The van der Waals surface area contributed by atoms with Gasteiger partial charge >= 0.3 is 18.1 Å². The van der Waals surface area contributed by atoms with Gasteiger partial charge in [0, 0.05) is 19.6 Å². The zero-order chi connectivity index (χ0) is 23.6. The smallest absolute Gasteiger partial charge is 0.490 e. The molecule has 7 nitrogen and oxygen atoms in total. The van der Waals surface area contributed by atoms with Gasteiger partial charge in [-0.1, -0.05) is 31.4 Å². The molecule has 2 aliphatic rings. The van der Waals surface area contributed by atoms with Crippen LogP contribution in [0, 0.1) is 5.92 Å². The molecule has 3 rings (SSSR count). The van der Waals surface area contributed by atoms with Crippen LogP contribution in [0.15, 0.2) is 24.3 Å². The lowest BCUT2D eigenvalue weighted by atomic mass is 9.90. The zero-order valence-electron chi connectivity index (χ0n) is 17.9. The van der Waals surface area contributed by atoms with Crippen molar-refractivity contribution in [1.82, 2.24) is 4.90 Å². The highest BCUT2D eigenvalue weighted by Crippen LogP contribution is 2.27. The lowest BCUT2D eigenvalue weighted by molar-refractivity contribution is -0.192. The SMILES string of the molecule is O=C(O)C(F)(F)F.O=C(O)CCN1CCOC(c2ccc(OCC3CCCCC3)cc2)C1. The van der Waals surface area contributed by atoms with E-state index in [0.717, 1.165) is 31.0 Å². The van der Waals surface area contributed by atoms with E-state index in [1.807, 2.05) is 12.1 Å². The molecule has 1 heterocycles. The molecule has 10 heteroatoms. The zero-order valence-corrected chi connectivity index (χ0v) is 17.9. The number of alkyl halides is 3. The Balaban J connectivity index is 0.000000451. The number of rotatable bonds is 7. The Morgan fingerprint density at radius 2 is 1.72 bits per heavy atom. The van der Waals surface area contributed by atoms with E-state index in [-0.39, 0.29) is 12.5 Å². The molecule has 1 saturated carbocycles. The summed E-state index contributed by atoms with van der Waals surface area (Å²) < 4.78 is 43.6. The van der Waals surface area contributed by atoms with Crippen LogP contribution in [0.1, 0.15) is 50.2 Å². The van der Waals surface area contributed by atoms with Gasteiger partial charge in [0.15, 0.2) is 0 Å². The van der Waals surface area contributed by atoms with Gasteiger partial charge in [0.1, 0.15) is 5.75 Å². The number of morpholine rings is 1. The Morgan fingerprint density at radius 1 is 1.09 bits per heavy atom. The molecule has 180 valence electrons. The molecule has 1 aliphatic carbocycles. The van der Waals surface area contributed by atoms with Crippen LogP contribution >= 0.6 is 0 Å². The van der Waals surface area contributed by atoms with Crippen LogP contribution in [0.5, 0.6) is 5.75 Å². The first kappa shape index (κ1) is 25.9. The molecule has 32 heavy (non-hydrogen) atoms. The fraction of sp³-hybridized carbons (Fsp3) is 0.636. The van der Waals surface area contributed by atoms with Crippen LogP contribution < -0.4 is 4.74 Å². The van der Waals surface area contributed by atoms with Gasteiger partial charge < -0.3 is 19.7 Å². The van der Waals surface area contributed by atoms with Crippen molar-refractivity contribution in [2.45, 2.75) is 50.8 Å². The van der Waals surface area contributed by atoms with Crippen LogP contribution in [-0.4, -0.2) is 66.1 Å². The normalized spacial score (nSPS) is 20.2. The van der Waals surface area contributed by atoms with Crippen molar-refractivity contribution >= 4 is 11.9 Å². The quantitative estimate of drug-likeness (QED) is 0.630. The minimum Gasteiger partial charge on any atom is -0.493 e. The molecule has 2 fully saturated rings. The monoisotopic (exact) mass is 461 g/mol. The molecule has 0 bridgehead atoms. The largest absolute Gasteiger partial charge is 0.493 e. The van der Waals surface area contributed by atoms with Crippen molar-refractivity contribution in [2.75, 3.05) is 32.8 Å². The lowest BCUT2D eigenvalue weighted by Crippen LogP contribution is -2.39. The summed E-state index contributed by atoms with van der Waals surface area (Å²) in [4.78, 5) is 21.8. The first-order valence-electron chi connectivity index (χ1n) is 10.7. The third-order valence-corrected chi connectivity index (χ3v) is 5.50. The number of carbonyl (C=O) groups is 2. The van der Waals surface area contributed by atoms with Crippen LogP contribution in [0.2, 0.25) is 0 Å². The summed E-state index contributed by atoms with van der Waals surface area (Å²) in [5, 5.41) is 16.0. The van der Waals surface area contributed by atoms with Crippen molar-refractivity contribution in [3.05, 3.63) is 29.8 Å². The van der Waals surface area contributed by atoms with E-state index < -0.39 is 18.1 Å². The molecule has 1 atom stereocenters.